The van der Waals surface area contributed by atoms with E-state index in [2.05, 4.69) is 22.6 Å². The quantitative estimate of drug-likeness (QED) is 0.779. The Kier molecular flexibility index (Phi) is 2.21. The van der Waals surface area contributed by atoms with Gasteiger partial charge in [-0.25, -0.2) is 4.98 Å². The molecular formula is C14H15N3S. The summed E-state index contributed by atoms with van der Waals surface area (Å²) in [6.07, 6.45) is 10.1. The largest absolute Gasteiger partial charge is 0.360 e. The van der Waals surface area contributed by atoms with Gasteiger partial charge in [0.05, 0.1) is 10.6 Å². The zero-order chi connectivity index (χ0) is 12.0. The first-order valence-electron chi connectivity index (χ1n) is 6.57. The van der Waals surface area contributed by atoms with Crippen molar-refractivity contribution in [2.24, 2.45) is 4.99 Å². The number of aromatic nitrogens is 1. The van der Waals surface area contributed by atoms with Crippen molar-refractivity contribution in [2.75, 3.05) is 5.32 Å². The molecule has 2 aromatic rings. The average Bonchev–Trinajstić information content (AvgIpc) is 2.78. The highest BCUT2D eigenvalue weighted by Gasteiger charge is 2.34. The Morgan fingerprint density at radius 3 is 3.00 bits per heavy atom. The van der Waals surface area contributed by atoms with Crippen molar-refractivity contribution in [3.8, 4) is 0 Å². The van der Waals surface area contributed by atoms with Gasteiger partial charge in [0, 0.05) is 17.8 Å². The molecule has 18 heavy (non-hydrogen) atoms. The maximum Gasteiger partial charge on any atom is 0.129 e. The molecule has 0 saturated heterocycles. The molecule has 0 amide bonds. The van der Waals surface area contributed by atoms with E-state index >= 15 is 0 Å². The minimum absolute atomic E-state index is 0.0326. The molecule has 3 heterocycles. The van der Waals surface area contributed by atoms with Crippen LogP contribution >= 0.6 is 11.3 Å². The van der Waals surface area contributed by atoms with Crippen molar-refractivity contribution < 1.29 is 0 Å². The lowest BCUT2D eigenvalue weighted by molar-refractivity contribution is 0.335. The van der Waals surface area contributed by atoms with Gasteiger partial charge in [0.15, 0.2) is 0 Å². The molecule has 2 aliphatic rings. The molecule has 92 valence electrons. The Morgan fingerprint density at radius 2 is 2.11 bits per heavy atom. The second kappa shape index (κ2) is 3.79. The third-order valence-corrected chi connectivity index (χ3v) is 5.01. The van der Waals surface area contributed by atoms with Crippen LogP contribution in [0.15, 0.2) is 23.3 Å². The van der Waals surface area contributed by atoms with E-state index in [0.29, 0.717) is 0 Å². The lowest BCUT2D eigenvalue weighted by Crippen LogP contribution is -2.40. The van der Waals surface area contributed by atoms with Gasteiger partial charge in [0.25, 0.3) is 0 Å². The third-order valence-electron chi connectivity index (χ3n) is 3.96. The normalized spacial score (nSPS) is 20.9. The molecule has 0 bridgehead atoms. The molecule has 4 heteroatoms. The van der Waals surface area contributed by atoms with Crippen LogP contribution in [0.5, 0.6) is 0 Å². The van der Waals surface area contributed by atoms with E-state index in [1.54, 1.807) is 11.3 Å². The van der Waals surface area contributed by atoms with E-state index in [1.165, 1.54) is 35.2 Å². The highest BCUT2D eigenvalue weighted by Crippen LogP contribution is 2.42. The fourth-order valence-corrected chi connectivity index (χ4v) is 3.98. The fourth-order valence-electron chi connectivity index (χ4n) is 3.01. The molecule has 2 aromatic heterocycles. The summed E-state index contributed by atoms with van der Waals surface area (Å²) in [4.78, 5) is 11.6. The zero-order valence-electron chi connectivity index (χ0n) is 10.1. The molecule has 4 rings (SSSR count). The number of thiophene rings is 1. The minimum atomic E-state index is -0.0326. The molecule has 0 radical (unpaired) electrons. The lowest BCUT2D eigenvalue weighted by atomic mass is 9.88. The number of aliphatic imine (C=N–C) groups is 1. The summed E-state index contributed by atoms with van der Waals surface area (Å²) in [5, 5.41) is 4.95. The van der Waals surface area contributed by atoms with Crippen molar-refractivity contribution in [1.29, 1.82) is 0 Å². The smallest absolute Gasteiger partial charge is 0.129 e. The fraction of sp³-hybridized carbons (Fsp3) is 0.429. The number of pyridine rings is 1. The summed E-state index contributed by atoms with van der Waals surface area (Å²) in [7, 11) is 0. The lowest BCUT2D eigenvalue weighted by Gasteiger charge is -2.37. The summed E-state index contributed by atoms with van der Waals surface area (Å²) in [5.74, 6) is 0. The molecule has 1 fully saturated rings. The summed E-state index contributed by atoms with van der Waals surface area (Å²) in [6, 6.07) is 4.16. The molecule has 1 N–H and O–H groups in total. The number of rotatable bonds is 0. The van der Waals surface area contributed by atoms with Gasteiger partial charge in [-0.2, -0.15) is 0 Å². The van der Waals surface area contributed by atoms with Gasteiger partial charge >= 0.3 is 0 Å². The number of nitrogens with one attached hydrogen (secondary N) is 1. The first-order valence-corrected chi connectivity index (χ1v) is 7.39. The Hall–Kier alpha value is -1.42. The van der Waals surface area contributed by atoms with Crippen LogP contribution in [-0.4, -0.2) is 16.9 Å². The summed E-state index contributed by atoms with van der Waals surface area (Å²) >= 11 is 1.72. The van der Waals surface area contributed by atoms with Crippen LogP contribution in [0, 0.1) is 0 Å². The van der Waals surface area contributed by atoms with E-state index in [1.807, 2.05) is 12.3 Å². The van der Waals surface area contributed by atoms with Crippen LogP contribution < -0.4 is 5.32 Å². The Morgan fingerprint density at radius 1 is 1.22 bits per heavy atom. The van der Waals surface area contributed by atoms with Gasteiger partial charge in [-0.15, -0.1) is 11.3 Å². The van der Waals surface area contributed by atoms with E-state index in [9.17, 15) is 0 Å². The maximum absolute atomic E-state index is 4.80. The highest BCUT2D eigenvalue weighted by molar-refractivity contribution is 7.21. The van der Waals surface area contributed by atoms with E-state index in [4.69, 9.17) is 4.99 Å². The highest BCUT2D eigenvalue weighted by atomic mass is 32.1. The third kappa shape index (κ3) is 1.48. The second-order valence-electron chi connectivity index (χ2n) is 5.17. The number of hydrogen-bond acceptors (Lipinski definition) is 4. The van der Waals surface area contributed by atoms with Crippen LogP contribution in [0.1, 0.15) is 37.0 Å². The van der Waals surface area contributed by atoms with Gasteiger partial charge < -0.3 is 5.32 Å². The van der Waals surface area contributed by atoms with Gasteiger partial charge in [-0.1, -0.05) is 6.42 Å². The van der Waals surface area contributed by atoms with Crippen molar-refractivity contribution in [3.05, 3.63) is 23.2 Å². The predicted molar refractivity (Wildman–Crippen MR) is 76.7 cm³/mol. The second-order valence-corrected chi connectivity index (χ2v) is 6.20. The van der Waals surface area contributed by atoms with Crippen molar-refractivity contribution in [2.45, 2.75) is 37.8 Å². The SMILES string of the molecule is C1=NC2(CCCCC2)Nc2c1sc1ncccc21. The van der Waals surface area contributed by atoms with Crippen LogP contribution in [0.4, 0.5) is 5.69 Å². The molecule has 0 atom stereocenters. The van der Waals surface area contributed by atoms with Crippen LogP contribution in [0.25, 0.3) is 10.2 Å². The maximum atomic E-state index is 4.80. The first-order chi connectivity index (χ1) is 8.86. The van der Waals surface area contributed by atoms with Crippen LogP contribution in [0.2, 0.25) is 0 Å². The Balaban J connectivity index is 1.83. The van der Waals surface area contributed by atoms with E-state index < -0.39 is 0 Å². The van der Waals surface area contributed by atoms with Crippen LogP contribution in [0.3, 0.4) is 0 Å². The molecule has 0 unspecified atom stereocenters. The number of nitrogens with zero attached hydrogens (tertiary/aromatic N) is 2. The predicted octanol–water partition coefficient (Wildman–Crippen LogP) is 3.80. The Labute approximate surface area is 110 Å². The molecule has 1 aliphatic carbocycles. The van der Waals surface area contributed by atoms with E-state index in [-0.39, 0.29) is 5.66 Å². The van der Waals surface area contributed by atoms with Gasteiger partial charge in [-0.05, 0) is 37.8 Å². The van der Waals surface area contributed by atoms with Gasteiger partial charge in [-0.3, -0.25) is 4.99 Å². The Bertz CT molecular complexity index is 623. The molecular weight excluding hydrogens is 242 g/mol. The van der Waals surface area contributed by atoms with Gasteiger partial charge in [0.2, 0.25) is 0 Å². The molecule has 1 aliphatic heterocycles. The summed E-state index contributed by atoms with van der Waals surface area (Å²) in [5.41, 5.74) is 1.22. The molecule has 1 saturated carbocycles. The zero-order valence-corrected chi connectivity index (χ0v) is 11.0. The first kappa shape index (κ1) is 10.5. The molecule has 1 spiro atoms. The van der Waals surface area contributed by atoms with Crippen LogP contribution in [-0.2, 0) is 0 Å². The minimum Gasteiger partial charge on any atom is -0.360 e. The number of fused-ring (bicyclic) bond motifs is 3. The van der Waals surface area contributed by atoms with E-state index in [0.717, 1.165) is 17.7 Å². The number of hydrogen-bond donors (Lipinski definition) is 1. The molecule has 3 nitrogen and oxygen atoms in total. The summed E-state index contributed by atoms with van der Waals surface area (Å²) < 4.78 is 0. The van der Waals surface area contributed by atoms with Crippen molar-refractivity contribution in [1.82, 2.24) is 4.98 Å². The topological polar surface area (TPSA) is 37.3 Å². The van der Waals surface area contributed by atoms with Crippen molar-refractivity contribution in [3.63, 3.8) is 0 Å². The average molecular weight is 257 g/mol. The van der Waals surface area contributed by atoms with Gasteiger partial charge in [0.1, 0.15) is 10.5 Å². The standard InChI is InChI=1S/C14H15N3S/c1-2-6-14(7-3-1)16-9-11-12(17-14)10-5-4-8-15-13(10)18-11/h4-5,8-9,17H,1-3,6-7H2. The number of anilines is 1. The monoisotopic (exact) mass is 257 g/mol. The summed E-state index contributed by atoms with van der Waals surface area (Å²) in [6.45, 7) is 0. The molecule has 0 aromatic carbocycles. The van der Waals surface area contributed by atoms with Crippen molar-refractivity contribution >= 4 is 33.5 Å².